The van der Waals surface area contributed by atoms with Gasteiger partial charge < -0.3 is 0 Å². The first kappa shape index (κ1) is 25.4. The SMILES string of the molecule is C[C@@H]([C]1[CH][CH][CH][C]1Sc1ccc(Cl)cc1)n1cc(-c2ccccc2)nn1.[CH]1[CH][CH][CH][CH]1.[Fe+2]. The van der Waals surface area contributed by atoms with Crippen LogP contribution < -0.4 is 0 Å². The van der Waals surface area contributed by atoms with E-state index in [0.29, 0.717) is 0 Å². The number of aromatic nitrogens is 3. The van der Waals surface area contributed by atoms with Crippen molar-refractivity contribution in [1.29, 1.82) is 0 Å². The average Bonchev–Trinajstić information content (AvgIpc) is 3.58. The van der Waals surface area contributed by atoms with E-state index in [1.165, 1.54) is 11.2 Å². The minimum Gasteiger partial charge on any atom is -0.248 e. The number of rotatable bonds is 5. The quantitative estimate of drug-likeness (QED) is 0.366. The number of benzene rings is 2. The molecule has 6 heteroatoms. The van der Waals surface area contributed by atoms with Gasteiger partial charge in [-0.2, -0.15) is 0 Å². The fourth-order valence-electron chi connectivity index (χ4n) is 3.16. The molecule has 32 heavy (non-hydrogen) atoms. The minimum absolute atomic E-state index is 0. The number of thioether (sulfide) groups is 1. The topological polar surface area (TPSA) is 30.7 Å². The van der Waals surface area contributed by atoms with Crippen LogP contribution >= 0.6 is 23.4 Å². The standard InChI is InChI=1S/C21H17ClN3S.C5H5.Fe/c1-15(25-14-20(23-24-25)16-6-3-2-4-7-16)19-8-5-9-21(19)26-18-12-10-17(22)11-13-18;1-2-4-5-3-1;/h2-15H,1H3;1-5H;/q;;+2/t15-;;/m0../s1. The van der Waals surface area contributed by atoms with Crippen LogP contribution in [0.1, 0.15) is 13.0 Å². The van der Waals surface area contributed by atoms with Gasteiger partial charge in [0, 0.05) is 26.6 Å². The van der Waals surface area contributed by atoms with Gasteiger partial charge in [-0.15, -0.1) is 16.9 Å². The van der Waals surface area contributed by atoms with E-state index < -0.39 is 0 Å². The molecule has 0 amide bonds. The van der Waals surface area contributed by atoms with E-state index in [9.17, 15) is 0 Å². The summed E-state index contributed by atoms with van der Waals surface area (Å²) in [6.45, 7) is 2.14. The Bertz CT molecular complexity index is 920. The average molecular weight is 500 g/mol. The molecule has 0 N–H and O–H groups in total. The maximum Gasteiger partial charge on any atom is 2.00 e. The summed E-state index contributed by atoms with van der Waals surface area (Å²) in [6.07, 6.45) is 18.4. The molecule has 10 radical (unpaired) electrons. The molecule has 1 heterocycles. The van der Waals surface area contributed by atoms with Gasteiger partial charge in [-0.05, 0) is 82.6 Å². The van der Waals surface area contributed by atoms with E-state index >= 15 is 0 Å². The summed E-state index contributed by atoms with van der Waals surface area (Å²) in [5, 5.41) is 10.7. The van der Waals surface area contributed by atoms with Crippen molar-refractivity contribution >= 4 is 23.4 Å². The van der Waals surface area contributed by atoms with Crippen molar-refractivity contribution in [1.82, 2.24) is 15.0 Å². The van der Waals surface area contributed by atoms with E-state index in [1.54, 1.807) is 11.8 Å². The van der Waals surface area contributed by atoms with Crippen molar-refractivity contribution in [3.63, 3.8) is 0 Å². The number of hydrogen-bond donors (Lipinski definition) is 0. The first-order valence-electron chi connectivity index (χ1n) is 10.0. The molecule has 160 valence electrons. The first-order valence-corrected chi connectivity index (χ1v) is 11.2. The summed E-state index contributed by atoms with van der Waals surface area (Å²) >= 11 is 7.72. The van der Waals surface area contributed by atoms with Gasteiger partial charge in [0.05, 0.1) is 12.2 Å². The van der Waals surface area contributed by atoms with E-state index in [4.69, 9.17) is 11.6 Å². The van der Waals surface area contributed by atoms with Crippen LogP contribution in [0.5, 0.6) is 0 Å². The number of nitrogens with zero attached hydrogens (tertiary/aromatic N) is 3. The third kappa shape index (κ3) is 6.87. The van der Waals surface area contributed by atoms with Gasteiger partial charge in [-0.25, -0.2) is 4.68 Å². The molecule has 0 saturated heterocycles. The molecule has 0 aliphatic heterocycles. The van der Waals surface area contributed by atoms with Crippen molar-refractivity contribution in [2.75, 3.05) is 0 Å². The summed E-state index contributed by atoms with van der Waals surface area (Å²) in [5.74, 6) is 1.23. The van der Waals surface area contributed by atoms with Crippen molar-refractivity contribution in [3.05, 3.63) is 128 Å². The van der Waals surface area contributed by atoms with Crippen LogP contribution in [0.15, 0.2) is 65.7 Å². The van der Waals surface area contributed by atoms with Crippen molar-refractivity contribution in [2.45, 2.75) is 17.9 Å². The zero-order valence-corrected chi connectivity index (χ0v) is 20.1. The van der Waals surface area contributed by atoms with Gasteiger partial charge in [-0.3, -0.25) is 0 Å². The number of hydrogen-bond acceptors (Lipinski definition) is 3. The summed E-state index contributed by atoms with van der Waals surface area (Å²) in [6, 6.07) is 18.1. The molecule has 1 atom stereocenters. The molecular weight excluding hydrogens is 478 g/mol. The van der Waals surface area contributed by atoms with Gasteiger partial charge in [-0.1, -0.05) is 47.1 Å². The Hall–Kier alpha value is -1.26. The predicted octanol–water partition coefficient (Wildman–Crippen LogP) is 6.70. The number of halogens is 1. The summed E-state index contributed by atoms with van der Waals surface area (Å²) < 4.78 is 1.92. The smallest absolute Gasteiger partial charge is 0.248 e. The van der Waals surface area contributed by atoms with Gasteiger partial charge >= 0.3 is 17.1 Å². The van der Waals surface area contributed by atoms with Crippen LogP contribution in [0.2, 0.25) is 5.02 Å². The molecule has 2 saturated carbocycles. The molecule has 0 bridgehead atoms. The fraction of sp³-hybridized carbons (Fsp3) is 0.0769. The Kier molecular flexibility index (Phi) is 10.2. The van der Waals surface area contributed by atoms with Gasteiger partial charge in [0.25, 0.3) is 0 Å². The van der Waals surface area contributed by atoms with Crippen molar-refractivity contribution < 1.29 is 17.1 Å². The molecule has 5 rings (SSSR count). The van der Waals surface area contributed by atoms with Crippen LogP contribution in [0.25, 0.3) is 11.3 Å². The van der Waals surface area contributed by atoms with E-state index in [-0.39, 0.29) is 23.1 Å². The predicted molar refractivity (Wildman–Crippen MR) is 128 cm³/mol. The Morgan fingerprint density at radius 2 is 1.50 bits per heavy atom. The Morgan fingerprint density at radius 1 is 0.844 bits per heavy atom. The Morgan fingerprint density at radius 3 is 2.16 bits per heavy atom. The van der Waals surface area contributed by atoms with Crippen LogP contribution in [0.4, 0.5) is 0 Å². The largest absolute Gasteiger partial charge is 2.00 e. The summed E-state index contributed by atoms with van der Waals surface area (Å²) in [4.78, 5) is 1.16. The summed E-state index contributed by atoms with van der Waals surface area (Å²) in [7, 11) is 0. The van der Waals surface area contributed by atoms with Gasteiger partial charge in [0.2, 0.25) is 0 Å². The molecule has 2 aliphatic carbocycles. The fourth-order valence-corrected chi connectivity index (χ4v) is 4.31. The molecular formula is C26H22ClFeN3S+2. The second-order valence-electron chi connectivity index (χ2n) is 6.99. The van der Waals surface area contributed by atoms with Gasteiger partial charge in [0.15, 0.2) is 0 Å². The third-order valence-electron chi connectivity index (χ3n) is 4.83. The molecule has 0 unspecified atom stereocenters. The van der Waals surface area contributed by atoms with Gasteiger partial charge in [0.1, 0.15) is 5.69 Å². The van der Waals surface area contributed by atoms with Crippen LogP contribution in [-0.2, 0) is 17.1 Å². The Labute approximate surface area is 212 Å². The molecule has 0 spiro atoms. The van der Waals surface area contributed by atoms with Crippen molar-refractivity contribution in [2.24, 2.45) is 0 Å². The molecule has 3 aromatic rings. The van der Waals surface area contributed by atoms with Crippen LogP contribution in [-0.4, -0.2) is 15.0 Å². The van der Waals surface area contributed by atoms with E-state index in [0.717, 1.165) is 21.2 Å². The Balaban J connectivity index is 0.000000427. The normalized spacial score (nSPS) is 17.4. The van der Waals surface area contributed by atoms with Crippen LogP contribution in [0.3, 0.4) is 0 Å². The second-order valence-corrected chi connectivity index (χ2v) is 8.54. The molecule has 2 aromatic carbocycles. The van der Waals surface area contributed by atoms with E-state index in [1.807, 2.05) is 97.6 Å². The maximum atomic E-state index is 5.98. The second kappa shape index (κ2) is 12.8. The monoisotopic (exact) mass is 499 g/mol. The first-order chi connectivity index (χ1) is 15.2. The molecule has 3 nitrogen and oxygen atoms in total. The summed E-state index contributed by atoms with van der Waals surface area (Å²) in [5.41, 5.74) is 1.96. The van der Waals surface area contributed by atoms with Crippen LogP contribution in [0, 0.1) is 62.5 Å². The van der Waals surface area contributed by atoms with E-state index in [2.05, 4.69) is 36.5 Å². The molecule has 2 aliphatic rings. The molecule has 1 aromatic heterocycles. The maximum absolute atomic E-state index is 5.98. The third-order valence-corrected chi connectivity index (χ3v) is 6.18. The zero-order chi connectivity index (χ0) is 21.5. The molecule has 2 fully saturated rings. The minimum atomic E-state index is 0. The zero-order valence-electron chi connectivity index (χ0n) is 17.5. The van der Waals surface area contributed by atoms with Crippen molar-refractivity contribution in [3.8, 4) is 11.3 Å².